The van der Waals surface area contributed by atoms with Crippen LogP contribution in [0.15, 0.2) is 23.1 Å². The Kier molecular flexibility index (Phi) is 8.28. The fraction of sp³-hybridized carbons (Fsp3) is 0.350. The Bertz CT molecular complexity index is 1220. The maximum absolute atomic E-state index is 12.3. The van der Waals surface area contributed by atoms with E-state index in [-0.39, 0.29) is 22.7 Å². The summed E-state index contributed by atoms with van der Waals surface area (Å²) in [5.74, 6) is -2.38. The van der Waals surface area contributed by atoms with Gasteiger partial charge < -0.3 is 14.8 Å². The summed E-state index contributed by atoms with van der Waals surface area (Å²) in [6, 6.07) is 2.75. The van der Waals surface area contributed by atoms with Crippen LogP contribution in [-0.4, -0.2) is 50.7 Å². The van der Waals surface area contributed by atoms with Crippen molar-refractivity contribution in [3.63, 3.8) is 0 Å². The molecule has 0 fully saturated rings. The summed E-state index contributed by atoms with van der Waals surface area (Å²) in [7, 11) is -3.90. The van der Waals surface area contributed by atoms with Gasteiger partial charge >= 0.3 is 11.9 Å². The molecule has 0 aliphatic heterocycles. The molecule has 2 aromatic rings. The Morgan fingerprint density at radius 1 is 1.15 bits per heavy atom. The van der Waals surface area contributed by atoms with Crippen molar-refractivity contribution in [2.75, 3.05) is 24.8 Å². The highest BCUT2D eigenvalue weighted by atomic mass is 32.2. The van der Waals surface area contributed by atoms with Crippen LogP contribution >= 0.6 is 11.3 Å². The smallest absolute Gasteiger partial charge is 0.341 e. The number of esters is 2. The van der Waals surface area contributed by atoms with Gasteiger partial charge in [-0.2, -0.15) is 0 Å². The molecule has 1 heterocycles. The van der Waals surface area contributed by atoms with Gasteiger partial charge in [0.25, 0.3) is 11.6 Å². The SMILES string of the molecule is CCOC(=O)c1c(NC(=O)COC(=O)c2ccc(S(C)(=O)=O)c([N+](=O)[O-])c2)sc(C)c1CC. The second-order valence-corrected chi connectivity index (χ2v) is 9.96. The first-order valence-electron chi connectivity index (χ1n) is 9.65. The van der Waals surface area contributed by atoms with Gasteiger partial charge in [0.05, 0.1) is 22.7 Å². The van der Waals surface area contributed by atoms with Crippen LogP contribution in [0.4, 0.5) is 10.7 Å². The van der Waals surface area contributed by atoms with Crippen molar-refractivity contribution < 1.29 is 37.2 Å². The summed E-state index contributed by atoms with van der Waals surface area (Å²) in [5.41, 5.74) is -0.0940. The molecule has 1 amide bonds. The molecule has 0 unspecified atom stereocenters. The fourth-order valence-corrected chi connectivity index (χ4v) is 4.97. The van der Waals surface area contributed by atoms with Gasteiger partial charge in [-0.25, -0.2) is 18.0 Å². The summed E-state index contributed by atoms with van der Waals surface area (Å²) in [6.07, 6.45) is 1.35. The van der Waals surface area contributed by atoms with Crippen molar-refractivity contribution in [3.8, 4) is 0 Å². The Labute approximate surface area is 193 Å². The quantitative estimate of drug-likeness (QED) is 0.311. The third-order valence-electron chi connectivity index (χ3n) is 4.42. The molecule has 1 aromatic heterocycles. The number of nitrogens with one attached hydrogen (secondary N) is 1. The van der Waals surface area contributed by atoms with Gasteiger partial charge in [-0.3, -0.25) is 14.9 Å². The molecule has 13 heteroatoms. The summed E-state index contributed by atoms with van der Waals surface area (Å²) < 4.78 is 33.3. The average Bonchev–Trinajstić information content (AvgIpc) is 3.05. The van der Waals surface area contributed by atoms with Gasteiger partial charge in [-0.15, -0.1) is 11.3 Å². The number of carbonyl (C=O) groups excluding carboxylic acids is 3. The van der Waals surface area contributed by atoms with Crippen LogP contribution in [-0.2, 0) is 30.5 Å². The second kappa shape index (κ2) is 10.5. The van der Waals surface area contributed by atoms with Crippen molar-refractivity contribution in [2.24, 2.45) is 0 Å². The van der Waals surface area contributed by atoms with E-state index in [9.17, 15) is 32.9 Å². The standard InChI is InChI=1S/C20H22N2O9S2/c1-5-13-11(3)32-18(17(13)20(25)30-6-2)21-16(23)10-31-19(24)12-7-8-15(33(4,28)29)14(9-12)22(26)27/h7-9H,5-6,10H2,1-4H3,(H,21,23). The minimum Gasteiger partial charge on any atom is -0.462 e. The number of nitrogens with zero attached hydrogens (tertiary/aromatic N) is 1. The number of aryl methyl sites for hydroxylation is 1. The van der Waals surface area contributed by atoms with E-state index in [1.54, 1.807) is 13.8 Å². The molecule has 1 aromatic carbocycles. The van der Waals surface area contributed by atoms with Crippen LogP contribution in [0.2, 0.25) is 0 Å². The largest absolute Gasteiger partial charge is 0.462 e. The first-order valence-corrected chi connectivity index (χ1v) is 12.4. The molecular formula is C20H22N2O9S2. The number of hydrogen-bond acceptors (Lipinski definition) is 10. The van der Waals surface area contributed by atoms with Crippen LogP contribution < -0.4 is 5.32 Å². The van der Waals surface area contributed by atoms with Crippen molar-refractivity contribution in [1.29, 1.82) is 0 Å². The lowest BCUT2D eigenvalue weighted by Gasteiger charge is -2.09. The number of hydrogen-bond donors (Lipinski definition) is 1. The average molecular weight is 499 g/mol. The molecule has 33 heavy (non-hydrogen) atoms. The van der Waals surface area contributed by atoms with E-state index in [2.05, 4.69) is 5.32 Å². The van der Waals surface area contributed by atoms with E-state index >= 15 is 0 Å². The van der Waals surface area contributed by atoms with Crippen LogP contribution in [0.25, 0.3) is 0 Å². The van der Waals surface area contributed by atoms with Gasteiger partial charge in [0, 0.05) is 17.2 Å². The maximum atomic E-state index is 12.3. The fourth-order valence-electron chi connectivity index (χ4n) is 2.99. The summed E-state index contributed by atoms with van der Waals surface area (Å²) in [6.45, 7) is 4.74. The number of anilines is 1. The molecule has 0 atom stereocenters. The first-order chi connectivity index (χ1) is 15.4. The molecular weight excluding hydrogens is 476 g/mol. The number of sulfone groups is 1. The Balaban J connectivity index is 2.16. The predicted octanol–water partition coefficient (Wildman–Crippen LogP) is 2.90. The minimum absolute atomic E-state index is 0.159. The molecule has 0 radical (unpaired) electrons. The van der Waals surface area contributed by atoms with E-state index in [1.165, 1.54) is 11.3 Å². The molecule has 0 aliphatic carbocycles. The highest BCUT2D eigenvalue weighted by molar-refractivity contribution is 7.90. The summed E-state index contributed by atoms with van der Waals surface area (Å²) in [4.78, 5) is 47.4. The number of ether oxygens (including phenoxy) is 2. The number of benzene rings is 1. The van der Waals surface area contributed by atoms with Crippen LogP contribution in [0.3, 0.4) is 0 Å². The lowest BCUT2D eigenvalue weighted by Crippen LogP contribution is -2.22. The molecule has 0 saturated heterocycles. The molecule has 0 spiro atoms. The van der Waals surface area contributed by atoms with Crippen molar-refractivity contribution in [1.82, 2.24) is 0 Å². The molecule has 2 rings (SSSR count). The van der Waals surface area contributed by atoms with E-state index in [4.69, 9.17) is 9.47 Å². The monoisotopic (exact) mass is 498 g/mol. The van der Waals surface area contributed by atoms with Gasteiger partial charge in [0.15, 0.2) is 16.4 Å². The molecule has 0 aliphatic rings. The lowest BCUT2D eigenvalue weighted by atomic mass is 10.1. The first kappa shape index (κ1) is 25.9. The van der Waals surface area contributed by atoms with Crippen molar-refractivity contribution in [3.05, 3.63) is 49.9 Å². The number of nitro groups is 1. The zero-order valence-corrected chi connectivity index (χ0v) is 19.9. The summed E-state index contributed by atoms with van der Waals surface area (Å²) in [5, 5.41) is 14.0. The number of amides is 1. The number of carbonyl (C=O) groups is 3. The highest BCUT2D eigenvalue weighted by Crippen LogP contribution is 2.34. The van der Waals surface area contributed by atoms with Crippen molar-refractivity contribution >= 4 is 49.7 Å². The third kappa shape index (κ3) is 6.14. The highest BCUT2D eigenvalue weighted by Gasteiger charge is 2.26. The molecule has 0 bridgehead atoms. The zero-order chi connectivity index (χ0) is 24.9. The number of nitro benzene ring substituents is 1. The molecule has 11 nitrogen and oxygen atoms in total. The lowest BCUT2D eigenvalue weighted by molar-refractivity contribution is -0.387. The van der Waals surface area contributed by atoms with E-state index < -0.39 is 49.8 Å². The van der Waals surface area contributed by atoms with Crippen LogP contribution in [0, 0.1) is 17.0 Å². The maximum Gasteiger partial charge on any atom is 0.341 e. The van der Waals surface area contributed by atoms with Gasteiger partial charge in [0.2, 0.25) is 0 Å². The van der Waals surface area contributed by atoms with E-state index in [0.717, 1.165) is 34.9 Å². The Morgan fingerprint density at radius 3 is 2.36 bits per heavy atom. The molecule has 1 N–H and O–H groups in total. The van der Waals surface area contributed by atoms with E-state index in [0.29, 0.717) is 6.42 Å². The number of thiophene rings is 1. The predicted molar refractivity (Wildman–Crippen MR) is 120 cm³/mol. The van der Waals surface area contributed by atoms with Gasteiger partial charge in [0.1, 0.15) is 9.90 Å². The minimum atomic E-state index is -3.90. The Morgan fingerprint density at radius 2 is 1.82 bits per heavy atom. The second-order valence-electron chi connectivity index (χ2n) is 6.75. The third-order valence-corrected chi connectivity index (χ3v) is 6.63. The van der Waals surface area contributed by atoms with Crippen molar-refractivity contribution in [2.45, 2.75) is 32.1 Å². The van der Waals surface area contributed by atoms with Crippen LogP contribution in [0.5, 0.6) is 0 Å². The number of rotatable bonds is 9. The van der Waals surface area contributed by atoms with Gasteiger partial charge in [-0.05, 0) is 38.0 Å². The zero-order valence-electron chi connectivity index (χ0n) is 18.3. The summed E-state index contributed by atoms with van der Waals surface area (Å²) >= 11 is 1.18. The topological polar surface area (TPSA) is 159 Å². The van der Waals surface area contributed by atoms with E-state index in [1.807, 2.05) is 6.92 Å². The molecule has 178 valence electrons. The Hall–Kier alpha value is -3.32. The normalized spacial score (nSPS) is 11.0. The molecule has 0 saturated carbocycles. The van der Waals surface area contributed by atoms with Gasteiger partial charge in [-0.1, -0.05) is 6.92 Å². The van der Waals surface area contributed by atoms with Crippen LogP contribution in [0.1, 0.15) is 45.0 Å².